The summed E-state index contributed by atoms with van der Waals surface area (Å²) in [5, 5.41) is 4.63. The molecule has 0 amide bonds. The van der Waals surface area contributed by atoms with Crippen molar-refractivity contribution in [1.82, 2.24) is 15.0 Å². The lowest BCUT2D eigenvalue weighted by Gasteiger charge is -2.08. The van der Waals surface area contributed by atoms with Crippen LogP contribution in [0.5, 0.6) is 0 Å². The van der Waals surface area contributed by atoms with Crippen molar-refractivity contribution in [3.8, 4) is 56.4 Å². The van der Waals surface area contributed by atoms with Crippen LogP contribution < -0.4 is 0 Å². The molecule has 0 aliphatic rings. The largest absolute Gasteiger partial charge is 0.456 e. The van der Waals surface area contributed by atoms with Crippen LogP contribution >= 0.6 is 0 Å². The van der Waals surface area contributed by atoms with Crippen LogP contribution in [0.25, 0.3) is 89.1 Å². The van der Waals surface area contributed by atoms with E-state index >= 15 is 0 Å². The van der Waals surface area contributed by atoms with Crippen molar-refractivity contribution >= 4 is 32.7 Å². The molecule has 0 atom stereocenters. The van der Waals surface area contributed by atoms with E-state index in [1.54, 1.807) is 0 Å². The zero-order chi connectivity index (χ0) is 31.2. The molecule has 9 aromatic rings. The normalized spacial score (nSPS) is 11.4. The van der Waals surface area contributed by atoms with E-state index in [1.807, 2.05) is 66.7 Å². The second kappa shape index (κ2) is 11.2. The molecule has 4 heteroatoms. The Hall–Kier alpha value is -6.39. The fourth-order valence-corrected chi connectivity index (χ4v) is 6.26. The molecule has 220 valence electrons. The molecular formula is C43H27N3O. The first-order valence-electron chi connectivity index (χ1n) is 15.7. The van der Waals surface area contributed by atoms with E-state index in [0.717, 1.165) is 49.8 Å². The molecule has 0 spiro atoms. The Labute approximate surface area is 271 Å². The highest BCUT2D eigenvalue weighted by Crippen LogP contribution is 2.36. The zero-order valence-electron chi connectivity index (χ0n) is 25.3. The van der Waals surface area contributed by atoms with Gasteiger partial charge >= 0.3 is 0 Å². The van der Waals surface area contributed by atoms with Gasteiger partial charge in [-0.25, -0.2) is 15.0 Å². The first-order chi connectivity index (χ1) is 23.2. The van der Waals surface area contributed by atoms with Crippen LogP contribution in [0, 0.1) is 0 Å². The molecule has 0 aliphatic heterocycles. The quantitative estimate of drug-likeness (QED) is 0.197. The van der Waals surface area contributed by atoms with E-state index in [9.17, 15) is 0 Å². The molecule has 0 bridgehead atoms. The van der Waals surface area contributed by atoms with E-state index < -0.39 is 0 Å². The van der Waals surface area contributed by atoms with Crippen molar-refractivity contribution in [2.45, 2.75) is 0 Å². The van der Waals surface area contributed by atoms with Crippen molar-refractivity contribution in [3.63, 3.8) is 0 Å². The highest BCUT2D eigenvalue weighted by molar-refractivity contribution is 6.07. The fourth-order valence-electron chi connectivity index (χ4n) is 6.26. The lowest BCUT2D eigenvalue weighted by atomic mass is 9.97. The van der Waals surface area contributed by atoms with Gasteiger partial charge in [0.2, 0.25) is 0 Å². The molecule has 47 heavy (non-hydrogen) atoms. The van der Waals surface area contributed by atoms with Crippen LogP contribution in [0.3, 0.4) is 0 Å². The van der Waals surface area contributed by atoms with Crippen LogP contribution in [0.2, 0.25) is 0 Å². The van der Waals surface area contributed by atoms with Crippen molar-refractivity contribution in [1.29, 1.82) is 0 Å². The molecule has 0 radical (unpaired) electrons. The van der Waals surface area contributed by atoms with Gasteiger partial charge < -0.3 is 4.42 Å². The van der Waals surface area contributed by atoms with Gasteiger partial charge in [-0.05, 0) is 63.4 Å². The Morgan fingerprint density at radius 2 is 0.809 bits per heavy atom. The molecular weight excluding hydrogens is 574 g/mol. The van der Waals surface area contributed by atoms with Crippen molar-refractivity contribution in [3.05, 3.63) is 164 Å². The van der Waals surface area contributed by atoms with Gasteiger partial charge in [0.1, 0.15) is 11.2 Å². The topological polar surface area (TPSA) is 51.8 Å². The van der Waals surface area contributed by atoms with Crippen molar-refractivity contribution in [2.24, 2.45) is 0 Å². The second-order valence-electron chi connectivity index (χ2n) is 11.7. The van der Waals surface area contributed by atoms with Gasteiger partial charge in [-0.3, -0.25) is 0 Å². The van der Waals surface area contributed by atoms with Crippen LogP contribution in [-0.4, -0.2) is 15.0 Å². The third-order valence-electron chi connectivity index (χ3n) is 8.73. The number of nitrogens with zero attached hydrogens (tertiary/aromatic N) is 3. The average Bonchev–Trinajstić information content (AvgIpc) is 3.52. The predicted molar refractivity (Wildman–Crippen MR) is 192 cm³/mol. The number of furan rings is 1. The Morgan fingerprint density at radius 3 is 1.47 bits per heavy atom. The van der Waals surface area contributed by atoms with Crippen LogP contribution in [0.1, 0.15) is 0 Å². The maximum absolute atomic E-state index is 6.38. The van der Waals surface area contributed by atoms with Crippen LogP contribution in [-0.2, 0) is 0 Å². The minimum absolute atomic E-state index is 0.604. The second-order valence-corrected chi connectivity index (χ2v) is 11.7. The van der Waals surface area contributed by atoms with Crippen molar-refractivity contribution in [2.75, 3.05) is 0 Å². The Morgan fingerprint density at radius 1 is 0.298 bits per heavy atom. The monoisotopic (exact) mass is 601 g/mol. The van der Waals surface area contributed by atoms with E-state index in [4.69, 9.17) is 19.4 Å². The summed E-state index contributed by atoms with van der Waals surface area (Å²) >= 11 is 0. The molecule has 0 N–H and O–H groups in total. The van der Waals surface area contributed by atoms with E-state index in [1.165, 1.54) is 21.9 Å². The smallest absolute Gasteiger partial charge is 0.164 e. The first-order valence-corrected chi connectivity index (χ1v) is 15.7. The SMILES string of the molecule is c1ccc(-c2nc(-c3ccccc3)nc(-c3ccc4c(c3)oc3ccc(-c5ccc(-c6ccc7ccccc7c6)cc5)cc34)n2)cc1. The number of benzene rings is 7. The fraction of sp³-hybridized carbons (Fsp3) is 0. The minimum atomic E-state index is 0.604. The van der Waals surface area contributed by atoms with E-state index in [2.05, 4.69) is 97.1 Å². The zero-order valence-corrected chi connectivity index (χ0v) is 25.3. The van der Waals surface area contributed by atoms with Gasteiger partial charge in [0.25, 0.3) is 0 Å². The lowest BCUT2D eigenvalue weighted by molar-refractivity contribution is 0.669. The summed E-state index contributed by atoms with van der Waals surface area (Å²) < 4.78 is 6.38. The maximum Gasteiger partial charge on any atom is 0.164 e. The van der Waals surface area contributed by atoms with E-state index in [0.29, 0.717) is 17.5 Å². The van der Waals surface area contributed by atoms with Crippen LogP contribution in [0.15, 0.2) is 168 Å². The molecule has 0 fully saturated rings. The third kappa shape index (κ3) is 5.02. The molecule has 4 nitrogen and oxygen atoms in total. The molecule has 7 aromatic carbocycles. The third-order valence-corrected chi connectivity index (χ3v) is 8.73. The van der Waals surface area contributed by atoms with Gasteiger partial charge in [0, 0.05) is 27.5 Å². The summed E-state index contributed by atoms with van der Waals surface area (Å²) in [6.07, 6.45) is 0. The number of hydrogen-bond donors (Lipinski definition) is 0. The summed E-state index contributed by atoms with van der Waals surface area (Å²) in [6.45, 7) is 0. The Kier molecular flexibility index (Phi) is 6.43. The molecule has 2 heterocycles. The van der Waals surface area contributed by atoms with Gasteiger partial charge in [0.15, 0.2) is 17.5 Å². The van der Waals surface area contributed by atoms with Gasteiger partial charge in [0.05, 0.1) is 0 Å². The van der Waals surface area contributed by atoms with Crippen molar-refractivity contribution < 1.29 is 4.42 Å². The molecule has 9 rings (SSSR count). The number of fused-ring (bicyclic) bond motifs is 4. The minimum Gasteiger partial charge on any atom is -0.456 e. The predicted octanol–water partition coefficient (Wildman–Crippen LogP) is 11.3. The molecule has 0 saturated carbocycles. The highest BCUT2D eigenvalue weighted by Gasteiger charge is 2.15. The summed E-state index contributed by atoms with van der Waals surface area (Å²) in [7, 11) is 0. The molecule has 2 aromatic heterocycles. The number of hydrogen-bond acceptors (Lipinski definition) is 4. The average molecular weight is 602 g/mol. The standard InChI is InChI=1S/C43H27N3O/c1-3-10-31(11-4-1)41-44-42(32-12-5-2-6-13-32)46-43(45-41)36-21-23-37-38-26-35(22-24-39(38)47-40(37)27-36)30-17-15-29(16-18-30)34-20-19-28-9-7-8-14-33(28)25-34/h1-27H. The summed E-state index contributed by atoms with van der Waals surface area (Å²) in [5.74, 6) is 1.87. The lowest BCUT2D eigenvalue weighted by Crippen LogP contribution is -2.00. The summed E-state index contributed by atoms with van der Waals surface area (Å²) in [4.78, 5) is 14.6. The van der Waals surface area contributed by atoms with Gasteiger partial charge in [-0.2, -0.15) is 0 Å². The van der Waals surface area contributed by atoms with E-state index in [-0.39, 0.29) is 0 Å². The molecule has 0 unspecified atom stereocenters. The summed E-state index contributed by atoms with van der Waals surface area (Å²) in [6, 6.07) is 56.6. The summed E-state index contributed by atoms with van der Waals surface area (Å²) in [5.41, 5.74) is 9.12. The van der Waals surface area contributed by atoms with Gasteiger partial charge in [-0.1, -0.05) is 133 Å². The molecule has 0 saturated heterocycles. The Balaban J connectivity index is 1.08. The van der Waals surface area contributed by atoms with Crippen LogP contribution in [0.4, 0.5) is 0 Å². The Bertz CT molecular complexity index is 2500. The highest BCUT2D eigenvalue weighted by atomic mass is 16.3. The number of rotatable bonds is 5. The maximum atomic E-state index is 6.38. The number of aromatic nitrogens is 3. The molecule has 0 aliphatic carbocycles. The first kappa shape index (κ1) is 27.0. The van der Waals surface area contributed by atoms with Gasteiger partial charge in [-0.15, -0.1) is 0 Å².